The van der Waals surface area contributed by atoms with Crippen LogP contribution < -0.4 is 9.64 Å². The number of rotatable bonds is 11. The van der Waals surface area contributed by atoms with Crippen molar-refractivity contribution in [1.29, 1.82) is 0 Å². The second-order valence-corrected chi connectivity index (χ2v) is 9.60. The fourth-order valence-corrected chi connectivity index (χ4v) is 5.70. The summed E-state index contributed by atoms with van der Waals surface area (Å²) in [5, 5.41) is 0. The molecule has 0 amide bonds. The highest BCUT2D eigenvalue weighted by molar-refractivity contribution is 7.51. The molecule has 10 heteroatoms. The summed E-state index contributed by atoms with van der Waals surface area (Å²) >= 11 is 0. The average molecular weight is 459 g/mol. The number of benzene rings is 1. The number of anilines is 1. The number of nitrogens with zero attached hydrogens (tertiary/aromatic N) is 3. The molecule has 2 aliphatic rings. The highest BCUT2D eigenvalue weighted by Crippen LogP contribution is 2.53. The molecule has 0 saturated carbocycles. The minimum atomic E-state index is -3.16. The number of piperidine rings is 1. The Morgan fingerprint density at radius 3 is 2.29 bits per heavy atom. The Balaban J connectivity index is 1.41. The average Bonchev–Trinajstić information content (AvgIpc) is 3.22. The third kappa shape index (κ3) is 6.65. The third-order valence-electron chi connectivity index (χ3n) is 5.53. The smallest absolute Gasteiger partial charge is 0.408 e. The van der Waals surface area contributed by atoms with E-state index in [2.05, 4.69) is 20.7 Å². The van der Waals surface area contributed by atoms with Crippen LogP contribution in [0.4, 0.5) is 14.5 Å². The van der Waals surface area contributed by atoms with Gasteiger partial charge in [0.05, 0.1) is 19.9 Å². The minimum absolute atomic E-state index is 0.156. The van der Waals surface area contributed by atoms with Crippen LogP contribution >= 0.6 is 7.75 Å². The van der Waals surface area contributed by atoms with Gasteiger partial charge in [-0.25, -0.2) is 9.24 Å². The van der Waals surface area contributed by atoms with Gasteiger partial charge in [-0.2, -0.15) is 8.78 Å². The maximum Gasteiger partial charge on any atom is 0.408 e. The lowest BCUT2D eigenvalue weighted by molar-refractivity contribution is -0.0498. The number of ether oxygens (including phenoxy) is 1. The van der Waals surface area contributed by atoms with Crippen molar-refractivity contribution >= 4 is 13.4 Å². The quantitative estimate of drug-likeness (QED) is 0.426. The molecule has 0 aromatic heterocycles. The van der Waals surface area contributed by atoms with Crippen LogP contribution in [0.2, 0.25) is 0 Å². The molecule has 1 fully saturated rings. The van der Waals surface area contributed by atoms with Crippen molar-refractivity contribution in [3.05, 3.63) is 36.7 Å². The fraction of sp³-hybridized carbons (Fsp3) is 0.619. The SMILES string of the molecule is CCOP(=O)(OCC)N1CCC(CCN2C=CN(c3ccc(OC(F)F)cc3)C2)CC1. The first-order valence-corrected chi connectivity index (χ1v) is 12.3. The van der Waals surface area contributed by atoms with Crippen LogP contribution in [0, 0.1) is 5.92 Å². The summed E-state index contributed by atoms with van der Waals surface area (Å²) < 4.78 is 54.6. The van der Waals surface area contributed by atoms with Gasteiger partial charge in [0.2, 0.25) is 0 Å². The van der Waals surface area contributed by atoms with E-state index in [4.69, 9.17) is 9.05 Å². The first-order valence-electron chi connectivity index (χ1n) is 10.8. The van der Waals surface area contributed by atoms with Crippen molar-refractivity contribution in [2.75, 3.05) is 44.4 Å². The van der Waals surface area contributed by atoms with Crippen molar-refractivity contribution in [2.24, 2.45) is 5.92 Å². The molecule has 0 unspecified atom stereocenters. The standard InChI is InChI=1S/C21H32F2N3O4P/c1-3-28-31(27,29-4-2)26-13-10-18(11-14-26)9-12-24-15-16-25(17-24)19-5-7-20(8-6-19)30-21(22)23/h5-8,15-16,18,21H,3-4,9-14,17H2,1-2H3. The van der Waals surface area contributed by atoms with Gasteiger partial charge in [0.25, 0.3) is 0 Å². The van der Waals surface area contributed by atoms with Gasteiger partial charge in [0.1, 0.15) is 5.75 Å². The fourth-order valence-electron chi connectivity index (χ4n) is 3.92. The molecule has 1 aromatic carbocycles. The van der Waals surface area contributed by atoms with Crippen molar-refractivity contribution in [3.63, 3.8) is 0 Å². The van der Waals surface area contributed by atoms with Gasteiger partial charge in [-0.05, 0) is 63.3 Å². The van der Waals surface area contributed by atoms with Crippen LogP contribution in [0.15, 0.2) is 36.7 Å². The highest BCUT2D eigenvalue weighted by atomic mass is 31.2. The van der Waals surface area contributed by atoms with Gasteiger partial charge in [0, 0.05) is 37.7 Å². The molecule has 7 nitrogen and oxygen atoms in total. The largest absolute Gasteiger partial charge is 0.435 e. The Morgan fingerprint density at radius 2 is 1.71 bits per heavy atom. The van der Waals surface area contributed by atoms with Crippen LogP contribution in [-0.2, 0) is 13.6 Å². The number of halogens is 2. The zero-order chi connectivity index (χ0) is 22.3. The van der Waals surface area contributed by atoms with Gasteiger partial charge in [-0.1, -0.05) is 0 Å². The molecule has 174 valence electrons. The van der Waals surface area contributed by atoms with Crippen LogP contribution in [0.25, 0.3) is 0 Å². The Bertz CT molecular complexity index is 747. The molecule has 0 atom stereocenters. The Hall–Kier alpha value is -1.67. The van der Waals surface area contributed by atoms with Gasteiger partial charge in [-0.15, -0.1) is 0 Å². The molecular formula is C21H32F2N3O4P. The third-order valence-corrected chi connectivity index (χ3v) is 7.79. The molecule has 2 heterocycles. The van der Waals surface area contributed by atoms with Crippen LogP contribution in [-0.4, -0.2) is 55.7 Å². The van der Waals surface area contributed by atoms with Crippen LogP contribution in [0.1, 0.15) is 33.1 Å². The first kappa shape index (κ1) is 24.0. The lowest BCUT2D eigenvalue weighted by Crippen LogP contribution is -2.34. The number of alkyl halides is 2. The number of hydrogen-bond donors (Lipinski definition) is 0. The van der Waals surface area contributed by atoms with Gasteiger partial charge in [0.15, 0.2) is 0 Å². The second-order valence-electron chi connectivity index (χ2n) is 7.58. The molecule has 1 saturated heterocycles. The lowest BCUT2D eigenvalue weighted by Gasteiger charge is -2.36. The summed E-state index contributed by atoms with van der Waals surface area (Å²) in [6.45, 7) is 4.68. The van der Waals surface area contributed by atoms with E-state index in [-0.39, 0.29) is 5.75 Å². The molecular weight excluding hydrogens is 427 g/mol. The van der Waals surface area contributed by atoms with E-state index in [0.717, 1.165) is 51.3 Å². The summed E-state index contributed by atoms with van der Waals surface area (Å²) in [5.74, 6) is 0.726. The van der Waals surface area contributed by atoms with Crippen molar-refractivity contribution < 1.29 is 27.1 Å². The summed E-state index contributed by atoms with van der Waals surface area (Å²) in [6, 6.07) is 6.65. The predicted octanol–water partition coefficient (Wildman–Crippen LogP) is 5.12. The van der Waals surface area contributed by atoms with E-state index in [0.29, 0.717) is 19.1 Å². The van der Waals surface area contributed by atoms with Crippen LogP contribution in [0.5, 0.6) is 5.75 Å². The first-order chi connectivity index (χ1) is 14.9. The molecule has 0 bridgehead atoms. The van der Waals surface area contributed by atoms with Crippen molar-refractivity contribution in [2.45, 2.75) is 39.7 Å². The zero-order valence-corrected chi connectivity index (χ0v) is 19.1. The van der Waals surface area contributed by atoms with E-state index in [1.165, 1.54) is 0 Å². The highest BCUT2D eigenvalue weighted by Gasteiger charge is 2.35. The summed E-state index contributed by atoms with van der Waals surface area (Å²) in [6.07, 6.45) is 7.04. The van der Waals surface area contributed by atoms with Crippen molar-refractivity contribution in [3.8, 4) is 5.75 Å². The molecule has 0 aliphatic carbocycles. The molecule has 2 aliphatic heterocycles. The maximum atomic E-state index is 12.9. The zero-order valence-electron chi connectivity index (χ0n) is 18.2. The van der Waals surface area contributed by atoms with E-state index in [9.17, 15) is 13.3 Å². The minimum Gasteiger partial charge on any atom is -0.435 e. The van der Waals surface area contributed by atoms with E-state index in [1.54, 1.807) is 24.3 Å². The molecule has 3 rings (SSSR count). The summed E-state index contributed by atoms with van der Waals surface area (Å²) in [5.41, 5.74) is 0.927. The number of hydrogen-bond acceptors (Lipinski definition) is 6. The Labute approximate surface area is 183 Å². The van der Waals surface area contributed by atoms with Gasteiger partial charge >= 0.3 is 14.4 Å². The van der Waals surface area contributed by atoms with Crippen molar-refractivity contribution in [1.82, 2.24) is 9.57 Å². The molecule has 1 aromatic rings. The van der Waals surface area contributed by atoms with E-state index >= 15 is 0 Å². The van der Waals surface area contributed by atoms with Crippen LogP contribution in [0.3, 0.4) is 0 Å². The predicted molar refractivity (Wildman–Crippen MR) is 116 cm³/mol. The maximum absolute atomic E-state index is 12.9. The molecule has 31 heavy (non-hydrogen) atoms. The lowest BCUT2D eigenvalue weighted by atomic mass is 9.94. The van der Waals surface area contributed by atoms with Gasteiger partial charge < -0.3 is 14.5 Å². The second kappa shape index (κ2) is 11.3. The summed E-state index contributed by atoms with van der Waals surface area (Å²) in [7, 11) is -3.16. The van der Waals surface area contributed by atoms with E-state index in [1.807, 2.05) is 24.7 Å². The monoisotopic (exact) mass is 459 g/mol. The topological polar surface area (TPSA) is 54.5 Å². The summed E-state index contributed by atoms with van der Waals surface area (Å²) in [4.78, 5) is 4.30. The molecule has 0 radical (unpaired) electrons. The normalized spacial score (nSPS) is 18.4. The molecule has 0 spiro atoms. The van der Waals surface area contributed by atoms with Gasteiger partial charge in [-0.3, -0.25) is 9.05 Å². The Morgan fingerprint density at radius 1 is 1.06 bits per heavy atom. The Kier molecular flexibility index (Phi) is 8.72. The molecule has 0 N–H and O–H groups in total. The van der Waals surface area contributed by atoms with E-state index < -0.39 is 14.4 Å².